The van der Waals surface area contributed by atoms with E-state index in [4.69, 9.17) is 9.68 Å². The van der Waals surface area contributed by atoms with Crippen LogP contribution in [0, 0.1) is 0 Å². The van der Waals surface area contributed by atoms with Crippen LogP contribution in [0.5, 0.6) is 0 Å². The molecule has 0 atom stereocenters. The summed E-state index contributed by atoms with van der Waals surface area (Å²) >= 11 is 0. The average molecular weight is 304 g/mol. The molecule has 1 aromatic carbocycles. The van der Waals surface area contributed by atoms with E-state index >= 15 is 0 Å². The summed E-state index contributed by atoms with van der Waals surface area (Å²) < 4.78 is 0. The lowest BCUT2D eigenvalue weighted by Crippen LogP contribution is -2.31. The van der Waals surface area contributed by atoms with Crippen LogP contribution in [0.15, 0.2) is 39.6 Å². The van der Waals surface area contributed by atoms with E-state index in [2.05, 4.69) is 15.3 Å². The highest BCUT2D eigenvalue weighted by Crippen LogP contribution is 2.14. The highest BCUT2D eigenvalue weighted by atomic mass is 16.6. The van der Waals surface area contributed by atoms with Crippen LogP contribution in [-0.4, -0.2) is 50.4 Å². The van der Waals surface area contributed by atoms with Gasteiger partial charge in [-0.15, -0.1) is 0 Å². The fourth-order valence-electron chi connectivity index (χ4n) is 1.93. The number of likely N-dealkylation sites (N-methyl/N-ethyl adjacent to an activating group) is 1. The van der Waals surface area contributed by atoms with Crippen molar-refractivity contribution in [3.8, 4) is 0 Å². The van der Waals surface area contributed by atoms with Crippen LogP contribution in [-0.2, 0) is 16.3 Å². The molecule has 0 bridgehead atoms. The Balaban J connectivity index is 3.21. The third kappa shape index (κ3) is 4.87. The van der Waals surface area contributed by atoms with Gasteiger partial charge >= 0.3 is 0 Å². The molecule has 0 aliphatic carbocycles. The second-order valence-electron chi connectivity index (χ2n) is 5.03. The fraction of sp³-hybridized carbons (Fsp3) is 0.438. The van der Waals surface area contributed by atoms with E-state index < -0.39 is 0 Å². The lowest BCUT2D eigenvalue weighted by Gasteiger charge is -2.18. The van der Waals surface area contributed by atoms with Crippen LogP contribution in [0.25, 0.3) is 0 Å². The van der Waals surface area contributed by atoms with Crippen molar-refractivity contribution < 1.29 is 9.68 Å². The molecule has 0 radical (unpaired) electrons. The lowest BCUT2D eigenvalue weighted by molar-refractivity contribution is 0.130. The highest BCUT2D eigenvalue weighted by Gasteiger charge is 2.18. The Bertz CT molecular complexity index is 573. The zero-order valence-corrected chi connectivity index (χ0v) is 14.1. The molecule has 6 nitrogen and oxygen atoms in total. The molecule has 1 aromatic rings. The monoisotopic (exact) mass is 304 g/mol. The molecule has 0 amide bonds. The first-order valence-corrected chi connectivity index (χ1v) is 6.98. The normalized spacial score (nSPS) is 11.9. The summed E-state index contributed by atoms with van der Waals surface area (Å²) in [5.74, 6) is 0.726. The molecular formula is C16H24N4O2. The van der Waals surface area contributed by atoms with E-state index in [0.717, 1.165) is 22.7 Å². The second kappa shape index (κ2) is 8.81. The molecule has 120 valence electrons. The predicted molar refractivity (Wildman–Crippen MR) is 90.6 cm³/mol. The van der Waals surface area contributed by atoms with Crippen molar-refractivity contribution in [3.63, 3.8) is 0 Å². The van der Waals surface area contributed by atoms with Crippen molar-refractivity contribution >= 4 is 17.3 Å². The van der Waals surface area contributed by atoms with E-state index in [-0.39, 0.29) is 0 Å². The largest absolute Gasteiger partial charge is 0.399 e. The Labute approximate surface area is 132 Å². The maximum absolute atomic E-state index is 5.36. The molecule has 0 saturated carbocycles. The minimum absolute atomic E-state index is 0.356. The summed E-state index contributed by atoms with van der Waals surface area (Å²) in [4.78, 5) is 16.6. The van der Waals surface area contributed by atoms with Gasteiger partial charge in [-0.25, -0.2) is 0 Å². The highest BCUT2D eigenvalue weighted by molar-refractivity contribution is 6.47. The molecular weight excluding hydrogens is 280 g/mol. The van der Waals surface area contributed by atoms with Gasteiger partial charge in [-0.2, -0.15) is 0 Å². The van der Waals surface area contributed by atoms with E-state index in [1.165, 1.54) is 7.11 Å². The van der Waals surface area contributed by atoms with Gasteiger partial charge in [0.15, 0.2) is 11.5 Å². The molecule has 22 heavy (non-hydrogen) atoms. The molecule has 1 rings (SSSR count). The minimum Gasteiger partial charge on any atom is -0.399 e. The Morgan fingerprint density at radius 1 is 1.14 bits per heavy atom. The summed E-state index contributed by atoms with van der Waals surface area (Å²) in [5.41, 5.74) is 3.40. The van der Waals surface area contributed by atoms with Crippen LogP contribution in [0.4, 0.5) is 0 Å². The quantitative estimate of drug-likeness (QED) is 0.461. The van der Waals surface area contributed by atoms with Crippen molar-refractivity contribution in [1.29, 1.82) is 0 Å². The molecule has 0 aliphatic heterocycles. The summed E-state index contributed by atoms with van der Waals surface area (Å²) in [7, 11) is 7.08. The smallest absolute Gasteiger partial charge is 0.153 e. The maximum atomic E-state index is 5.36. The van der Waals surface area contributed by atoms with Gasteiger partial charge in [-0.3, -0.25) is 4.99 Å². The van der Waals surface area contributed by atoms with Gasteiger partial charge in [0.25, 0.3) is 0 Å². The maximum Gasteiger partial charge on any atom is 0.153 e. The van der Waals surface area contributed by atoms with Gasteiger partial charge in [0, 0.05) is 32.3 Å². The molecule has 0 saturated heterocycles. The van der Waals surface area contributed by atoms with Crippen molar-refractivity contribution in [2.75, 3.05) is 28.3 Å². The zero-order valence-electron chi connectivity index (χ0n) is 14.1. The van der Waals surface area contributed by atoms with Gasteiger partial charge in [-0.1, -0.05) is 34.6 Å². The molecule has 6 heteroatoms. The number of hydrogen-bond acceptors (Lipinski definition) is 5. The van der Waals surface area contributed by atoms with Crippen LogP contribution in [0.1, 0.15) is 25.0 Å². The molecule has 0 heterocycles. The predicted octanol–water partition coefficient (Wildman–Crippen LogP) is 2.54. The summed E-state index contributed by atoms with van der Waals surface area (Å²) in [6.07, 6.45) is 0. The van der Waals surface area contributed by atoms with Crippen LogP contribution in [0.3, 0.4) is 0 Å². The number of benzene rings is 1. The molecule has 0 aliphatic rings. The number of rotatable bonds is 6. The van der Waals surface area contributed by atoms with Gasteiger partial charge in [0.2, 0.25) is 0 Å². The second-order valence-corrected chi connectivity index (χ2v) is 5.03. The first kappa shape index (κ1) is 17.7. The van der Waals surface area contributed by atoms with Gasteiger partial charge in [0.1, 0.15) is 13.7 Å². The standard InChI is InChI=1S/C16H24N4O2/c1-12(2)18-22-11-13-9-7-8-10-14(13)15(19-21-6)16(17-3)20(4)5/h7-10H,11H2,1-6H3/b17-16?,19-15-. The third-order valence-corrected chi connectivity index (χ3v) is 2.77. The zero-order chi connectivity index (χ0) is 16.5. The van der Waals surface area contributed by atoms with E-state index in [1.54, 1.807) is 7.05 Å². The Kier molecular flexibility index (Phi) is 7.08. The Hall–Kier alpha value is -2.37. The van der Waals surface area contributed by atoms with Gasteiger partial charge in [0.05, 0.1) is 5.71 Å². The SMILES string of the molecule is CN=C(/C(=N\OC)c1ccccc1CON=C(C)C)N(C)C. The number of hydrogen-bond donors (Lipinski definition) is 0. The minimum atomic E-state index is 0.356. The van der Waals surface area contributed by atoms with Crippen molar-refractivity contribution in [3.05, 3.63) is 35.4 Å². The van der Waals surface area contributed by atoms with Gasteiger partial charge < -0.3 is 14.6 Å². The van der Waals surface area contributed by atoms with E-state index in [1.807, 2.05) is 57.1 Å². The fourth-order valence-corrected chi connectivity index (χ4v) is 1.93. The first-order valence-electron chi connectivity index (χ1n) is 6.98. The van der Waals surface area contributed by atoms with E-state index in [9.17, 15) is 0 Å². The number of oxime groups is 2. The number of amidine groups is 1. The number of aliphatic imine (C=N–C) groups is 1. The molecule has 0 fully saturated rings. The van der Waals surface area contributed by atoms with Crippen molar-refractivity contribution in [2.45, 2.75) is 20.5 Å². The summed E-state index contributed by atoms with van der Waals surface area (Å²) in [5, 5.41) is 8.11. The van der Waals surface area contributed by atoms with E-state index in [0.29, 0.717) is 12.3 Å². The van der Waals surface area contributed by atoms with Crippen molar-refractivity contribution in [1.82, 2.24) is 4.90 Å². The third-order valence-electron chi connectivity index (χ3n) is 2.77. The van der Waals surface area contributed by atoms with Crippen molar-refractivity contribution in [2.24, 2.45) is 15.3 Å². The summed E-state index contributed by atoms with van der Waals surface area (Å²) in [6.45, 7) is 4.13. The van der Waals surface area contributed by atoms with Crippen LogP contribution >= 0.6 is 0 Å². The first-order chi connectivity index (χ1) is 10.5. The van der Waals surface area contributed by atoms with Gasteiger partial charge in [-0.05, 0) is 13.8 Å². The molecule has 0 spiro atoms. The van der Waals surface area contributed by atoms with Crippen LogP contribution in [0.2, 0.25) is 0 Å². The molecule has 0 N–H and O–H groups in total. The molecule has 0 aromatic heterocycles. The number of nitrogens with zero attached hydrogens (tertiary/aromatic N) is 4. The topological polar surface area (TPSA) is 58.8 Å². The lowest BCUT2D eigenvalue weighted by atomic mass is 10.0. The Morgan fingerprint density at radius 3 is 2.36 bits per heavy atom. The molecule has 0 unspecified atom stereocenters. The average Bonchev–Trinajstić information content (AvgIpc) is 2.47. The van der Waals surface area contributed by atoms with Crippen LogP contribution < -0.4 is 0 Å². The summed E-state index contributed by atoms with van der Waals surface area (Å²) in [6, 6.07) is 7.84. The Morgan fingerprint density at radius 2 is 1.82 bits per heavy atom.